The van der Waals surface area contributed by atoms with Gasteiger partial charge in [0.25, 0.3) is 0 Å². The van der Waals surface area contributed by atoms with Crippen molar-refractivity contribution in [2.24, 2.45) is 0 Å². The minimum absolute atomic E-state index is 0.239. The van der Waals surface area contributed by atoms with Gasteiger partial charge in [-0.1, -0.05) is 6.92 Å². The fourth-order valence-corrected chi connectivity index (χ4v) is 2.54. The molecule has 2 rings (SSSR count). The summed E-state index contributed by atoms with van der Waals surface area (Å²) in [5, 5.41) is 4.02. The standard InChI is InChI=1S/C13H16FN3S/c1-3-6-15-9(2)11-8-17-13(18-11)12-10(14)5-4-7-16-12/h4-5,7-9,15H,3,6H2,1-2H3. The fourth-order valence-electron chi connectivity index (χ4n) is 1.60. The molecule has 0 aliphatic carbocycles. The highest BCUT2D eigenvalue weighted by Crippen LogP contribution is 2.28. The highest BCUT2D eigenvalue weighted by molar-refractivity contribution is 7.15. The predicted octanol–water partition coefficient (Wildman–Crippen LogP) is 3.40. The third kappa shape index (κ3) is 2.91. The lowest BCUT2D eigenvalue weighted by Gasteiger charge is -2.09. The number of hydrogen-bond acceptors (Lipinski definition) is 4. The molecule has 0 bridgehead atoms. The van der Waals surface area contributed by atoms with Crippen LogP contribution in [0.25, 0.3) is 10.7 Å². The summed E-state index contributed by atoms with van der Waals surface area (Å²) in [6, 6.07) is 3.23. The molecule has 2 heterocycles. The molecular formula is C13H16FN3S. The number of nitrogens with zero attached hydrogens (tertiary/aromatic N) is 2. The van der Waals surface area contributed by atoms with Crippen LogP contribution >= 0.6 is 11.3 Å². The first-order valence-corrected chi connectivity index (χ1v) is 6.84. The van der Waals surface area contributed by atoms with Crippen molar-refractivity contribution >= 4 is 11.3 Å². The second-order valence-electron chi connectivity index (χ2n) is 4.08. The smallest absolute Gasteiger partial charge is 0.151 e. The summed E-state index contributed by atoms with van der Waals surface area (Å²) in [4.78, 5) is 9.39. The molecule has 5 heteroatoms. The van der Waals surface area contributed by atoms with Gasteiger partial charge in [0.15, 0.2) is 5.82 Å². The SMILES string of the molecule is CCCNC(C)c1cnc(-c2ncccc2F)s1. The second-order valence-corrected chi connectivity index (χ2v) is 5.14. The van der Waals surface area contributed by atoms with E-state index in [1.807, 2.05) is 0 Å². The molecule has 1 atom stereocenters. The van der Waals surface area contributed by atoms with Gasteiger partial charge in [-0.05, 0) is 32.0 Å². The zero-order chi connectivity index (χ0) is 13.0. The molecule has 0 aliphatic rings. The number of aromatic nitrogens is 2. The molecule has 0 fully saturated rings. The van der Waals surface area contributed by atoms with E-state index in [0.717, 1.165) is 17.8 Å². The van der Waals surface area contributed by atoms with E-state index < -0.39 is 0 Å². The largest absolute Gasteiger partial charge is 0.309 e. The van der Waals surface area contributed by atoms with Gasteiger partial charge >= 0.3 is 0 Å². The monoisotopic (exact) mass is 265 g/mol. The maximum atomic E-state index is 13.6. The Morgan fingerprint density at radius 3 is 3.00 bits per heavy atom. The van der Waals surface area contributed by atoms with Gasteiger partial charge in [0, 0.05) is 23.3 Å². The van der Waals surface area contributed by atoms with Crippen LogP contribution in [0.2, 0.25) is 0 Å². The topological polar surface area (TPSA) is 37.8 Å². The molecule has 18 heavy (non-hydrogen) atoms. The van der Waals surface area contributed by atoms with E-state index in [0.29, 0.717) is 10.7 Å². The first-order valence-electron chi connectivity index (χ1n) is 6.02. The lowest BCUT2D eigenvalue weighted by Crippen LogP contribution is -2.18. The Labute approximate surface area is 110 Å². The maximum absolute atomic E-state index is 13.6. The molecule has 1 unspecified atom stereocenters. The minimum Gasteiger partial charge on any atom is -0.309 e. The van der Waals surface area contributed by atoms with Crippen molar-refractivity contribution in [1.82, 2.24) is 15.3 Å². The number of halogens is 1. The second kappa shape index (κ2) is 6.02. The van der Waals surface area contributed by atoms with Crippen molar-refractivity contribution in [2.75, 3.05) is 6.54 Å². The van der Waals surface area contributed by atoms with Crippen LogP contribution in [0.3, 0.4) is 0 Å². The Morgan fingerprint density at radius 2 is 2.28 bits per heavy atom. The average molecular weight is 265 g/mol. The summed E-state index contributed by atoms with van der Waals surface area (Å²) in [6.45, 7) is 5.18. The number of thiazole rings is 1. The van der Waals surface area contributed by atoms with Crippen molar-refractivity contribution < 1.29 is 4.39 Å². The third-order valence-corrected chi connectivity index (χ3v) is 3.80. The number of pyridine rings is 1. The summed E-state index contributed by atoms with van der Waals surface area (Å²) in [5.41, 5.74) is 0.330. The first kappa shape index (κ1) is 13.1. The number of rotatable bonds is 5. The molecule has 3 nitrogen and oxygen atoms in total. The Bertz CT molecular complexity index is 512. The molecule has 2 aromatic heterocycles. The van der Waals surface area contributed by atoms with Gasteiger partial charge in [-0.15, -0.1) is 11.3 Å². The summed E-state index contributed by atoms with van der Waals surface area (Å²) in [6.07, 6.45) is 4.46. The van der Waals surface area contributed by atoms with E-state index in [9.17, 15) is 4.39 Å². The number of hydrogen-bond donors (Lipinski definition) is 1. The van der Waals surface area contributed by atoms with Crippen LogP contribution in [0.5, 0.6) is 0 Å². The van der Waals surface area contributed by atoms with Crippen molar-refractivity contribution in [3.63, 3.8) is 0 Å². The third-order valence-electron chi connectivity index (χ3n) is 2.61. The van der Waals surface area contributed by atoms with E-state index in [-0.39, 0.29) is 11.9 Å². The minimum atomic E-state index is -0.326. The molecule has 1 N–H and O–H groups in total. The predicted molar refractivity (Wildman–Crippen MR) is 72.0 cm³/mol. The normalized spacial score (nSPS) is 12.6. The van der Waals surface area contributed by atoms with Gasteiger partial charge in [-0.25, -0.2) is 9.37 Å². The molecule has 0 amide bonds. The van der Waals surface area contributed by atoms with Crippen LogP contribution in [0.15, 0.2) is 24.5 Å². The van der Waals surface area contributed by atoms with Crippen molar-refractivity contribution in [1.29, 1.82) is 0 Å². The van der Waals surface area contributed by atoms with Crippen LogP contribution < -0.4 is 5.32 Å². The average Bonchev–Trinajstić information content (AvgIpc) is 2.86. The van der Waals surface area contributed by atoms with E-state index in [1.54, 1.807) is 18.5 Å². The van der Waals surface area contributed by atoms with Gasteiger partial charge in [-0.3, -0.25) is 4.98 Å². The summed E-state index contributed by atoms with van der Waals surface area (Å²) in [7, 11) is 0. The highest BCUT2D eigenvalue weighted by Gasteiger charge is 2.13. The lowest BCUT2D eigenvalue weighted by atomic mass is 10.3. The van der Waals surface area contributed by atoms with Crippen molar-refractivity contribution in [3.05, 3.63) is 35.2 Å². The Kier molecular flexibility index (Phi) is 4.38. The Hall–Kier alpha value is -1.33. The van der Waals surface area contributed by atoms with E-state index in [2.05, 4.69) is 29.1 Å². The molecular weight excluding hydrogens is 249 g/mol. The van der Waals surface area contributed by atoms with E-state index >= 15 is 0 Å². The van der Waals surface area contributed by atoms with Crippen molar-refractivity contribution in [2.45, 2.75) is 26.3 Å². The Morgan fingerprint density at radius 1 is 1.44 bits per heavy atom. The number of nitrogens with one attached hydrogen (secondary N) is 1. The zero-order valence-electron chi connectivity index (χ0n) is 10.5. The van der Waals surface area contributed by atoms with Gasteiger partial charge in [-0.2, -0.15) is 0 Å². The Balaban J connectivity index is 2.18. The molecule has 0 saturated heterocycles. The quantitative estimate of drug-likeness (QED) is 0.900. The molecule has 0 aromatic carbocycles. The molecule has 96 valence electrons. The van der Waals surface area contributed by atoms with Crippen LogP contribution in [0.4, 0.5) is 4.39 Å². The molecule has 0 spiro atoms. The van der Waals surface area contributed by atoms with Crippen LogP contribution in [-0.2, 0) is 0 Å². The summed E-state index contributed by atoms with van der Waals surface area (Å²) >= 11 is 1.48. The summed E-state index contributed by atoms with van der Waals surface area (Å²) in [5.74, 6) is -0.326. The van der Waals surface area contributed by atoms with Gasteiger partial charge in [0.2, 0.25) is 0 Å². The summed E-state index contributed by atoms with van der Waals surface area (Å²) < 4.78 is 13.6. The highest BCUT2D eigenvalue weighted by atomic mass is 32.1. The van der Waals surface area contributed by atoms with Gasteiger partial charge in [0.05, 0.1) is 0 Å². The molecule has 0 aliphatic heterocycles. The van der Waals surface area contributed by atoms with E-state index in [4.69, 9.17) is 0 Å². The fraction of sp³-hybridized carbons (Fsp3) is 0.385. The lowest BCUT2D eigenvalue weighted by molar-refractivity contribution is 0.577. The molecule has 2 aromatic rings. The van der Waals surface area contributed by atoms with Gasteiger partial charge < -0.3 is 5.32 Å². The zero-order valence-corrected chi connectivity index (χ0v) is 11.3. The van der Waals surface area contributed by atoms with Crippen LogP contribution in [-0.4, -0.2) is 16.5 Å². The van der Waals surface area contributed by atoms with Crippen molar-refractivity contribution in [3.8, 4) is 10.7 Å². The maximum Gasteiger partial charge on any atom is 0.151 e. The van der Waals surface area contributed by atoms with Crippen LogP contribution in [0, 0.1) is 5.82 Å². The van der Waals surface area contributed by atoms with Crippen LogP contribution in [0.1, 0.15) is 31.2 Å². The van der Waals surface area contributed by atoms with Gasteiger partial charge in [0.1, 0.15) is 10.7 Å². The van der Waals surface area contributed by atoms with E-state index in [1.165, 1.54) is 17.4 Å². The molecule has 0 saturated carbocycles. The molecule has 0 radical (unpaired) electrons. The first-order chi connectivity index (χ1) is 8.72.